The van der Waals surface area contributed by atoms with Gasteiger partial charge in [0.05, 0.1) is 25.4 Å². The number of unbranched alkanes of at least 4 members (excludes halogenated alkanes) is 48. The lowest BCUT2D eigenvalue weighted by Crippen LogP contribution is -2.45. The Labute approximate surface area is 468 Å². The molecule has 0 fully saturated rings. The second-order valence-electron chi connectivity index (χ2n) is 23.2. The highest BCUT2D eigenvalue weighted by Crippen LogP contribution is 2.18. The molecule has 442 valence electrons. The van der Waals surface area contributed by atoms with Crippen LogP contribution in [-0.2, 0) is 14.3 Å². The first-order chi connectivity index (χ1) is 37.0. The van der Waals surface area contributed by atoms with Gasteiger partial charge in [0, 0.05) is 12.8 Å². The molecule has 1 amide bonds. The SMILES string of the molecule is CCCCCCCCCC/C=C/C(O)C(CO)NC(=O)CCCCCCCCCCCCCCC/C=C\C/C=C\CCCCCCCCCCCOC(=O)CCCCCCCCCCCCCCCCCCCCC. The van der Waals surface area contributed by atoms with Crippen molar-refractivity contribution < 1.29 is 24.5 Å². The van der Waals surface area contributed by atoms with Crippen molar-refractivity contribution in [3.63, 3.8) is 0 Å². The van der Waals surface area contributed by atoms with E-state index < -0.39 is 12.1 Å². The van der Waals surface area contributed by atoms with Gasteiger partial charge in [-0.25, -0.2) is 0 Å². The number of amides is 1. The van der Waals surface area contributed by atoms with E-state index in [2.05, 4.69) is 43.5 Å². The fourth-order valence-corrected chi connectivity index (χ4v) is 10.5. The molecule has 0 spiro atoms. The number of rotatable bonds is 63. The summed E-state index contributed by atoms with van der Waals surface area (Å²) in [7, 11) is 0. The zero-order valence-corrected chi connectivity index (χ0v) is 50.5. The lowest BCUT2D eigenvalue weighted by molar-refractivity contribution is -0.143. The standard InChI is InChI=1S/C69H131NO5/c1-3-5-7-9-11-13-15-16-17-18-30-34-37-40-43-47-51-55-59-63-69(74)75-64-60-56-52-48-44-41-38-35-32-29-27-25-23-21-19-20-22-24-26-28-31-33-36-39-42-46-50-54-58-62-68(73)70-66(65-71)67(72)61-57-53-49-45-14-12-10-8-6-4-2/h19,21,25,27,57,61,66-67,71-72H,3-18,20,22-24,26,28-56,58-60,62-65H2,1-2H3,(H,70,73)/b21-19-,27-25-,61-57+. The van der Waals surface area contributed by atoms with Gasteiger partial charge in [0.1, 0.15) is 0 Å². The third kappa shape index (κ3) is 61.2. The van der Waals surface area contributed by atoms with Gasteiger partial charge in [0.15, 0.2) is 0 Å². The number of carbonyl (C=O) groups excluding carboxylic acids is 2. The van der Waals surface area contributed by atoms with Crippen molar-refractivity contribution in [2.45, 2.75) is 379 Å². The van der Waals surface area contributed by atoms with Gasteiger partial charge < -0.3 is 20.3 Å². The van der Waals surface area contributed by atoms with Crippen LogP contribution in [0.25, 0.3) is 0 Å². The number of aliphatic hydroxyl groups is 2. The molecule has 2 unspecified atom stereocenters. The summed E-state index contributed by atoms with van der Waals surface area (Å²) < 4.78 is 5.51. The van der Waals surface area contributed by atoms with Crippen LogP contribution in [0, 0.1) is 0 Å². The number of hydrogen-bond donors (Lipinski definition) is 3. The predicted molar refractivity (Wildman–Crippen MR) is 329 cm³/mol. The number of hydrogen-bond acceptors (Lipinski definition) is 5. The first kappa shape index (κ1) is 73.1. The maximum atomic E-state index is 12.4. The van der Waals surface area contributed by atoms with Gasteiger partial charge in [-0.3, -0.25) is 9.59 Å². The van der Waals surface area contributed by atoms with Gasteiger partial charge >= 0.3 is 5.97 Å². The summed E-state index contributed by atoms with van der Waals surface area (Å²) in [5.74, 6) is -0.0535. The van der Waals surface area contributed by atoms with Gasteiger partial charge in [0.25, 0.3) is 0 Å². The third-order valence-electron chi connectivity index (χ3n) is 15.7. The van der Waals surface area contributed by atoms with Crippen LogP contribution in [0.5, 0.6) is 0 Å². The van der Waals surface area contributed by atoms with E-state index in [4.69, 9.17) is 4.74 Å². The summed E-state index contributed by atoms with van der Waals surface area (Å²) in [6.45, 7) is 4.91. The van der Waals surface area contributed by atoms with E-state index in [0.717, 1.165) is 44.9 Å². The number of nitrogens with one attached hydrogen (secondary N) is 1. The minimum atomic E-state index is -0.843. The molecule has 0 saturated heterocycles. The van der Waals surface area contributed by atoms with Crippen LogP contribution >= 0.6 is 0 Å². The molecule has 0 rings (SSSR count). The van der Waals surface area contributed by atoms with Crippen molar-refractivity contribution in [1.82, 2.24) is 5.32 Å². The zero-order chi connectivity index (χ0) is 54.3. The van der Waals surface area contributed by atoms with Crippen molar-refractivity contribution in [2.24, 2.45) is 0 Å². The normalized spacial score (nSPS) is 12.7. The summed E-state index contributed by atoms with van der Waals surface area (Å²) >= 11 is 0. The maximum Gasteiger partial charge on any atom is 0.305 e. The van der Waals surface area contributed by atoms with Gasteiger partial charge in [0.2, 0.25) is 5.91 Å². The average Bonchev–Trinajstić information content (AvgIpc) is 3.41. The highest BCUT2D eigenvalue weighted by molar-refractivity contribution is 5.76. The molecule has 0 aliphatic carbocycles. The molecule has 6 nitrogen and oxygen atoms in total. The molecule has 75 heavy (non-hydrogen) atoms. The van der Waals surface area contributed by atoms with Crippen molar-refractivity contribution in [2.75, 3.05) is 13.2 Å². The monoisotopic (exact) mass is 1050 g/mol. The molecule has 0 radical (unpaired) electrons. The molecule has 0 aromatic rings. The van der Waals surface area contributed by atoms with Gasteiger partial charge in [-0.1, -0.05) is 326 Å². The van der Waals surface area contributed by atoms with E-state index in [-0.39, 0.29) is 18.5 Å². The Morgan fingerprint density at radius 1 is 0.373 bits per heavy atom. The molecule has 0 aromatic heterocycles. The molecule has 0 aliphatic heterocycles. The fourth-order valence-electron chi connectivity index (χ4n) is 10.5. The number of ether oxygens (including phenoxy) is 1. The maximum absolute atomic E-state index is 12.4. The zero-order valence-electron chi connectivity index (χ0n) is 50.5. The van der Waals surface area contributed by atoms with Crippen molar-refractivity contribution >= 4 is 11.9 Å². The first-order valence-electron chi connectivity index (χ1n) is 33.8. The summed E-state index contributed by atoms with van der Waals surface area (Å²) in [4.78, 5) is 24.5. The number of esters is 1. The minimum Gasteiger partial charge on any atom is -0.466 e. The molecular formula is C69H131NO5. The molecule has 0 bridgehead atoms. The number of carbonyl (C=O) groups is 2. The topological polar surface area (TPSA) is 95.9 Å². The van der Waals surface area contributed by atoms with E-state index in [1.165, 1.54) is 295 Å². The second-order valence-corrected chi connectivity index (χ2v) is 23.2. The molecule has 6 heteroatoms. The fraction of sp³-hybridized carbons (Fsp3) is 0.884. The number of allylic oxidation sites excluding steroid dienone is 5. The van der Waals surface area contributed by atoms with E-state index in [0.29, 0.717) is 19.4 Å². The summed E-state index contributed by atoms with van der Waals surface area (Å²) in [5, 5.41) is 23.0. The van der Waals surface area contributed by atoms with E-state index >= 15 is 0 Å². The lowest BCUT2D eigenvalue weighted by atomic mass is 10.0. The highest BCUT2D eigenvalue weighted by atomic mass is 16.5. The summed E-state index contributed by atoms with van der Waals surface area (Å²) in [5.41, 5.74) is 0. The Balaban J connectivity index is 3.37. The van der Waals surface area contributed by atoms with E-state index in [9.17, 15) is 19.8 Å². The Bertz CT molecular complexity index is 1210. The van der Waals surface area contributed by atoms with Crippen molar-refractivity contribution in [1.29, 1.82) is 0 Å². The molecule has 2 atom stereocenters. The van der Waals surface area contributed by atoms with Gasteiger partial charge in [-0.05, 0) is 64.2 Å². The molecular weight excluding hydrogens is 923 g/mol. The van der Waals surface area contributed by atoms with Gasteiger partial charge in [-0.2, -0.15) is 0 Å². The molecule has 3 N–H and O–H groups in total. The summed E-state index contributed by atoms with van der Waals surface area (Å²) in [6, 6.07) is -0.627. The van der Waals surface area contributed by atoms with Crippen LogP contribution in [0.15, 0.2) is 36.5 Å². The Hall–Kier alpha value is -1.92. The molecule has 0 aliphatic rings. The highest BCUT2D eigenvalue weighted by Gasteiger charge is 2.18. The molecule has 0 heterocycles. The summed E-state index contributed by atoms with van der Waals surface area (Å²) in [6.07, 6.45) is 82.2. The lowest BCUT2D eigenvalue weighted by Gasteiger charge is -2.20. The van der Waals surface area contributed by atoms with Crippen LogP contribution in [0.2, 0.25) is 0 Å². The van der Waals surface area contributed by atoms with Crippen LogP contribution in [0.3, 0.4) is 0 Å². The predicted octanol–water partition coefficient (Wildman–Crippen LogP) is 21.5. The minimum absolute atomic E-state index is 0.0166. The Morgan fingerprint density at radius 2 is 0.667 bits per heavy atom. The smallest absolute Gasteiger partial charge is 0.305 e. The Kier molecular flexibility index (Phi) is 63.0. The third-order valence-corrected chi connectivity index (χ3v) is 15.7. The van der Waals surface area contributed by atoms with E-state index in [1.54, 1.807) is 6.08 Å². The largest absolute Gasteiger partial charge is 0.466 e. The van der Waals surface area contributed by atoms with Crippen LogP contribution in [0.4, 0.5) is 0 Å². The Morgan fingerprint density at radius 3 is 1.01 bits per heavy atom. The van der Waals surface area contributed by atoms with Crippen molar-refractivity contribution in [3.05, 3.63) is 36.5 Å². The number of aliphatic hydroxyl groups excluding tert-OH is 2. The van der Waals surface area contributed by atoms with Crippen LogP contribution in [0.1, 0.15) is 367 Å². The van der Waals surface area contributed by atoms with Crippen molar-refractivity contribution in [3.8, 4) is 0 Å². The molecule has 0 aromatic carbocycles. The average molecular weight is 1050 g/mol. The first-order valence-corrected chi connectivity index (χ1v) is 33.8. The molecule has 0 saturated carbocycles. The second kappa shape index (κ2) is 64.6. The van der Waals surface area contributed by atoms with Crippen LogP contribution < -0.4 is 5.32 Å². The quantitative estimate of drug-likeness (QED) is 0.0320. The van der Waals surface area contributed by atoms with Crippen LogP contribution in [-0.4, -0.2) is 47.4 Å². The van der Waals surface area contributed by atoms with Gasteiger partial charge in [-0.15, -0.1) is 0 Å². The van der Waals surface area contributed by atoms with E-state index in [1.807, 2.05) is 6.08 Å².